The summed E-state index contributed by atoms with van der Waals surface area (Å²) in [6.07, 6.45) is 5.02. The molecule has 3 heterocycles. The number of primary amides is 1. The number of nitrogens with zero attached hydrogens (tertiary/aromatic N) is 6. The molecule has 5 rings (SSSR count). The normalized spacial score (nSPS) is 10.9. The maximum absolute atomic E-state index is 11.4. The standard InChI is InChI=1S/C22H15N7O/c23-20(30)14-4-6-15(7-5-14)21-27-22(29(28-21)19-3-1-2-10-26-19)16-8-9-17-18(13-16)25-12-11-24-17/h1-13H,(H2,23,30). The highest BCUT2D eigenvalue weighted by atomic mass is 16.1. The summed E-state index contributed by atoms with van der Waals surface area (Å²) in [6, 6.07) is 18.2. The molecule has 144 valence electrons. The Morgan fingerprint density at radius 3 is 2.30 bits per heavy atom. The first kappa shape index (κ1) is 17.6. The fraction of sp³-hybridized carbons (Fsp3) is 0. The zero-order chi connectivity index (χ0) is 20.5. The highest BCUT2D eigenvalue weighted by Gasteiger charge is 2.16. The topological polar surface area (TPSA) is 112 Å². The first-order valence-electron chi connectivity index (χ1n) is 9.19. The van der Waals surface area contributed by atoms with Crippen LogP contribution in [-0.4, -0.2) is 35.6 Å². The van der Waals surface area contributed by atoms with Gasteiger partial charge >= 0.3 is 0 Å². The number of carbonyl (C=O) groups is 1. The highest BCUT2D eigenvalue weighted by molar-refractivity contribution is 5.93. The minimum atomic E-state index is -0.480. The summed E-state index contributed by atoms with van der Waals surface area (Å²) in [5, 5.41) is 4.67. The molecule has 8 nitrogen and oxygen atoms in total. The van der Waals surface area contributed by atoms with Crippen LogP contribution in [-0.2, 0) is 0 Å². The van der Waals surface area contributed by atoms with Gasteiger partial charge in [-0.05, 0) is 42.5 Å². The molecule has 0 saturated carbocycles. The minimum Gasteiger partial charge on any atom is -0.366 e. The molecule has 8 heteroatoms. The molecule has 0 unspecified atom stereocenters. The van der Waals surface area contributed by atoms with Gasteiger partial charge in [-0.15, -0.1) is 5.10 Å². The van der Waals surface area contributed by atoms with Gasteiger partial charge in [0.25, 0.3) is 0 Å². The Morgan fingerprint density at radius 2 is 1.57 bits per heavy atom. The van der Waals surface area contributed by atoms with E-state index in [1.807, 2.05) is 36.4 Å². The van der Waals surface area contributed by atoms with Crippen LogP contribution < -0.4 is 5.73 Å². The molecule has 0 bridgehead atoms. The van der Waals surface area contributed by atoms with Gasteiger partial charge in [0.05, 0.1) is 11.0 Å². The SMILES string of the molecule is NC(=O)c1ccc(-c2nc(-c3ccc4nccnc4c3)n(-c3ccccn3)n2)cc1. The fourth-order valence-corrected chi connectivity index (χ4v) is 3.15. The average molecular weight is 393 g/mol. The molecule has 0 aliphatic rings. The van der Waals surface area contributed by atoms with Crippen LogP contribution >= 0.6 is 0 Å². The van der Waals surface area contributed by atoms with E-state index in [1.54, 1.807) is 47.5 Å². The van der Waals surface area contributed by atoms with Crippen molar-refractivity contribution in [3.05, 3.63) is 84.8 Å². The number of fused-ring (bicyclic) bond motifs is 1. The van der Waals surface area contributed by atoms with Crippen molar-refractivity contribution in [2.45, 2.75) is 0 Å². The van der Waals surface area contributed by atoms with Crippen LogP contribution in [0.25, 0.3) is 39.6 Å². The molecule has 2 aromatic carbocycles. The lowest BCUT2D eigenvalue weighted by Gasteiger charge is -2.05. The van der Waals surface area contributed by atoms with Crippen molar-refractivity contribution in [3.63, 3.8) is 0 Å². The van der Waals surface area contributed by atoms with Gasteiger partial charge in [0.1, 0.15) is 0 Å². The molecule has 0 aliphatic heterocycles. The van der Waals surface area contributed by atoms with E-state index >= 15 is 0 Å². The van der Waals surface area contributed by atoms with Crippen LogP contribution in [0.4, 0.5) is 0 Å². The molecule has 3 aromatic heterocycles. The van der Waals surface area contributed by atoms with Crippen molar-refractivity contribution in [2.75, 3.05) is 0 Å². The van der Waals surface area contributed by atoms with E-state index in [1.165, 1.54) is 0 Å². The van der Waals surface area contributed by atoms with Crippen LogP contribution in [0.3, 0.4) is 0 Å². The Morgan fingerprint density at radius 1 is 0.800 bits per heavy atom. The lowest BCUT2D eigenvalue weighted by atomic mass is 10.1. The van der Waals surface area contributed by atoms with Crippen LogP contribution in [0.5, 0.6) is 0 Å². The number of amides is 1. The average Bonchev–Trinajstić information content (AvgIpc) is 3.25. The molecule has 0 saturated heterocycles. The molecule has 1 amide bonds. The molecule has 5 aromatic rings. The van der Waals surface area contributed by atoms with E-state index in [9.17, 15) is 4.79 Å². The number of nitrogens with two attached hydrogens (primary N) is 1. The zero-order valence-corrected chi connectivity index (χ0v) is 15.7. The Hall–Kier alpha value is -4.46. The number of carbonyl (C=O) groups excluding carboxylic acids is 1. The lowest BCUT2D eigenvalue weighted by molar-refractivity contribution is 0.100. The lowest BCUT2D eigenvalue weighted by Crippen LogP contribution is -2.10. The fourth-order valence-electron chi connectivity index (χ4n) is 3.15. The van der Waals surface area contributed by atoms with Gasteiger partial charge in [0, 0.05) is 35.3 Å². The second-order valence-corrected chi connectivity index (χ2v) is 6.56. The van der Waals surface area contributed by atoms with E-state index in [0.717, 1.165) is 22.2 Å². The van der Waals surface area contributed by atoms with E-state index in [0.29, 0.717) is 23.0 Å². The molecule has 2 N–H and O–H groups in total. The number of benzene rings is 2. The third kappa shape index (κ3) is 3.16. The molecule has 0 fully saturated rings. The van der Waals surface area contributed by atoms with E-state index in [-0.39, 0.29) is 0 Å². The summed E-state index contributed by atoms with van der Waals surface area (Å²) in [5.74, 6) is 1.28. The number of aromatic nitrogens is 6. The molecule has 30 heavy (non-hydrogen) atoms. The van der Waals surface area contributed by atoms with Gasteiger partial charge in [-0.25, -0.2) is 9.97 Å². The van der Waals surface area contributed by atoms with Crippen molar-refractivity contribution in [2.24, 2.45) is 5.73 Å². The van der Waals surface area contributed by atoms with Crippen molar-refractivity contribution in [3.8, 4) is 28.6 Å². The third-order valence-corrected chi connectivity index (χ3v) is 4.63. The monoisotopic (exact) mass is 393 g/mol. The predicted octanol–water partition coefficient (Wildman–Crippen LogP) is 3.04. The largest absolute Gasteiger partial charge is 0.366 e. The van der Waals surface area contributed by atoms with Crippen molar-refractivity contribution in [1.82, 2.24) is 29.7 Å². The van der Waals surface area contributed by atoms with Gasteiger partial charge in [-0.1, -0.05) is 18.2 Å². The first-order valence-corrected chi connectivity index (χ1v) is 9.19. The van der Waals surface area contributed by atoms with E-state index in [2.05, 4.69) is 20.1 Å². The smallest absolute Gasteiger partial charge is 0.248 e. The molecule has 0 atom stereocenters. The Bertz CT molecular complexity index is 1360. The maximum Gasteiger partial charge on any atom is 0.248 e. The Kier molecular flexibility index (Phi) is 4.21. The summed E-state index contributed by atoms with van der Waals surface area (Å²) in [5.41, 5.74) is 8.92. The van der Waals surface area contributed by atoms with Gasteiger partial charge in [-0.2, -0.15) is 4.68 Å². The first-order chi connectivity index (χ1) is 14.7. The van der Waals surface area contributed by atoms with Gasteiger partial charge in [-0.3, -0.25) is 14.8 Å². The van der Waals surface area contributed by atoms with E-state index < -0.39 is 5.91 Å². The highest BCUT2D eigenvalue weighted by Crippen LogP contribution is 2.26. The Balaban J connectivity index is 1.67. The van der Waals surface area contributed by atoms with Crippen LogP contribution in [0, 0.1) is 0 Å². The quantitative estimate of drug-likeness (QED) is 0.502. The number of hydrogen-bond donors (Lipinski definition) is 1. The summed E-state index contributed by atoms with van der Waals surface area (Å²) in [6.45, 7) is 0. The minimum absolute atomic E-state index is 0.427. The Labute approximate surface area is 171 Å². The number of pyridine rings is 1. The number of hydrogen-bond acceptors (Lipinski definition) is 6. The maximum atomic E-state index is 11.4. The zero-order valence-electron chi connectivity index (χ0n) is 15.7. The van der Waals surface area contributed by atoms with Crippen LogP contribution in [0.2, 0.25) is 0 Å². The van der Waals surface area contributed by atoms with Crippen LogP contribution in [0.15, 0.2) is 79.3 Å². The van der Waals surface area contributed by atoms with Gasteiger partial charge < -0.3 is 5.73 Å². The summed E-state index contributed by atoms with van der Waals surface area (Å²) in [7, 11) is 0. The molecular formula is C22H15N7O. The van der Waals surface area contributed by atoms with Crippen LogP contribution in [0.1, 0.15) is 10.4 Å². The molecule has 0 radical (unpaired) electrons. The summed E-state index contributed by atoms with van der Waals surface area (Å²) < 4.78 is 1.69. The second-order valence-electron chi connectivity index (χ2n) is 6.56. The molecule has 0 aliphatic carbocycles. The van der Waals surface area contributed by atoms with Crippen molar-refractivity contribution in [1.29, 1.82) is 0 Å². The third-order valence-electron chi connectivity index (χ3n) is 4.63. The summed E-state index contributed by atoms with van der Waals surface area (Å²) in [4.78, 5) is 29.2. The van der Waals surface area contributed by atoms with Crippen molar-refractivity contribution >= 4 is 16.9 Å². The predicted molar refractivity (Wildman–Crippen MR) is 112 cm³/mol. The van der Waals surface area contributed by atoms with Crippen molar-refractivity contribution < 1.29 is 4.79 Å². The molecule has 0 spiro atoms. The van der Waals surface area contributed by atoms with Gasteiger partial charge in [0.2, 0.25) is 5.91 Å². The molecular weight excluding hydrogens is 378 g/mol. The van der Waals surface area contributed by atoms with Gasteiger partial charge in [0.15, 0.2) is 17.5 Å². The number of rotatable bonds is 4. The summed E-state index contributed by atoms with van der Waals surface area (Å²) >= 11 is 0. The van der Waals surface area contributed by atoms with E-state index in [4.69, 9.17) is 10.7 Å². The second kappa shape index (κ2) is 7.17.